The van der Waals surface area contributed by atoms with Crippen LogP contribution in [-0.2, 0) is 22.8 Å². The van der Waals surface area contributed by atoms with Crippen LogP contribution in [0.15, 0.2) is 56.8 Å². The number of hydrogen-bond donors (Lipinski definition) is 2. The van der Waals surface area contributed by atoms with Gasteiger partial charge in [-0.15, -0.1) is 0 Å². The van der Waals surface area contributed by atoms with Gasteiger partial charge in [0, 0.05) is 30.8 Å². The van der Waals surface area contributed by atoms with Crippen LogP contribution >= 0.6 is 0 Å². The highest BCUT2D eigenvalue weighted by atomic mass is 32.2. The lowest BCUT2D eigenvalue weighted by Gasteiger charge is -2.11. The number of guanidine groups is 1. The van der Waals surface area contributed by atoms with Crippen LogP contribution in [0.2, 0.25) is 0 Å². The number of halogens is 1. The Morgan fingerprint density at radius 2 is 1.86 bits per heavy atom. The summed E-state index contributed by atoms with van der Waals surface area (Å²) in [4.78, 5) is 4.50. The van der Waals surface area contributed by atoms with Crippen LogP contribution in [0.25, 0.3) is 11.0 Å². The summed E-state index contributed by atoms with van der Waals surface area (Å²) in [5.41, 5.74) is 2.57. The molecule has 0 fully saturated rings. The lowest BCUT2D eigenvalue weighted by atomic mass is 10.1. The minimum Gasteiger partial charge on any atom is -0.459 e. The number of hydrogen-bond acceptors (Lipinski definition) is 4. The summed E-state index contributed by atoms with van der Waals surface area (Å²) in [6.07, 6.45) is 1.91. The molecule has 2 aromatic carbocycles. The molecule has 3 rings (SSSR count). The van der Waals surface area contributed by atoms with Gasteiger partial charge < -0.3 is 15.1 Å². The molecule has 0 bridgehead atoms. The van der Waals surface area contributed by atoms with E-state index in [2.05, 4.69) is 15.6 Å². The highest BCUT2D eigenvalue weighted by Gasteiger charge is 2.12. The molecule has 0 aliphatic carbocycles. The molecule has 154 valence electrons. The number of rotatable bonds is 6. The van der Waals surface area contributed by atoms with E-state index in [-0.39, 0.29) is 5.82 Å². The number of fused-ring (bicyclic) bond motifs is 1. The van der Waals surface area contributed by atoms with Crippen LogP contribution in [-0.4, -0.2) is 34.2 Å². The standard InChI is InChI=1S/C21H24FN3O3S/c1-14-18-12-16(22)6-9-19(18)28-20(14)13-25-21(23-2)24-11-10-15-4-7-17(8-5-15)29(3,26)27/h4-9,12H,10-11,13H2,1-3H3,(H2,23,24,25). The van der Waals surface area contributed by atoms with E-state index in [1.807, 2.05) is 19.1 Å². The van der Waals surface area contributed by atoms with Crippen LogP contribution in [0.3, 0.4) is 0 Å². The van der Waals surface area contributed by atoms with Crippen molar-refractivity contribution >= 4 is 26.8 Å². The Morgan fingerprint density at radius 3 is 2.52 bits per heavy atom. The zero-order valence-corrected chi connectivity index (χ0v) is 17.4. The van der Waals surface area contributed by atoms with Gasteiger partial charge in [0.2, 0.25) is 0 Å². The van der Waals surface area contributed by atoms with Gasteiger partial charge >= 0.3 is 0 Å². The number of furan rings is 1. The monoisotopic (exact) mass is 417 g/mol. The Kier molecular flexibility index (Phi) is 6.22. The summed E-state index contributed by atoms with van der Waals surface area (Å²) >= 11 is 0. The molecular formula is C21H24FN3O3S. The fraction of sp³-hybridized carbons (Fsp3) is 0.286. The van der Waals surface area contributed by atoms with Gasteiger partial charge in [-0.25, -0.2) is 12.8 Å². The van der Waals surface area contributed by atoms with Crippen LogP contribution in [0, 0.1) is 12.7 Å². The predicted molar refractivity (Wildman–Crippen MR) is 112 cm³/mol. The van der Waals surface area contributed by atoms with Crippen molar-refractivity contribution in [1.29, 1.82) is 0 Å². The molecule has 1 aromatic heterocycles. The van der Waals surface area contributed by atoms with Crippen LogP contribution in [0.4, 0.5) is 4.39 Å². The fourth-order valence-electron chi connectivity index (χ4n) is 3.03. The minimum atomic E-state index is -3.18. The Hall–Kier alpha value is -2.87. The molecule has 29 heavy (non-hydrogen) atoms. The molecule has 0 saturated heterocycles. The van der Waals surface area contributed by atoms with E-state index in [1.165, 1.54) is 18.4 Å². The minimum absolute atomic E-state index is 0.289. The first-order valence-corrected chi connectivity index (χ1v) is 11.1. The van der Waals surface area contributed by atoms with Crippen molar-refractivity contribution in [3.63, 3.8) is 0 Å². The van der Waals surface area contributed by atoms with Gasteiger partial charge in [0.1, 0.15) is 17.2 Å². The van der Waals surface area contributed by atoms with E-state index >= 15 is 0 Å². The maximum absolute atomic E-state index is 13.4. The summed E-state index contributed by atoms with van der Waals surface area (Å²) in [6, 6.07) is 11.3. The van der Waals surface area contributed by atoms with E-state index in [0.717, 1.165) is 22.3 Å². The third-order valence-electron chi connectivity index (χ3n) is 4.69. The van der Waals surface area contributed by atoms with Crippen molar-refractivity contribution in [2.45, 2.75) is 24.8 Å². The summed E-state index contributed by atoms with van der Waals surface area (Å²) in [6.45, 7) is 2.95. The highest BCUT2D eigenvalue weighted by Crippen LogP contribution is 2.25. The maximum atomic E-state index is 13.4. The van der Waals surface area contributed by atoms with E-state index in [4.69, 9.17) is 4.42 Å². The third-order valence-corrected chi connectivity index (χ3v) is 5.82. The Balaban J connectivity index is 1.54. The molecule has 1 heterocycles. The van der Waals surface area contributed by atoms with Crippen molar-refractivity contribution < 1.29 is 17.2 Å². The van der Waals surface area contributed by atoms with Crippen LogP contribution in [0.5, 0.6) is 0 Å². The lowest BCUT2D eigenvalue weighted by Crippen LogP contribution is -2.37. The van der Waals surface area contributed by atoms with Gasteiger partial charge in [0.15, 0.2) is 15.8 Å². The Labute approximate surface area is 169 Å². The van der Waals surface area contributed by atoms with Gasteiger partial charge in [-0.2, -0.15) is 0 Å². The number of aliphatic imine (C=N–C) groups is 1. The second-order valence-corrected chi connectivity index (χ2v) is 8.83. The van der Waals surface area contributed by atoms with E-state index in [0.29, 0.717) is 35.9 Å². The summed E-state index contributed by atoms with van der Waals surface area (Å²) < 4.78 is 42.3. The molecule has 3 aromatic rings. The SMILES string of the molecule is CN=C(NCCc1ccc(S(C)(=O)=O)cc1)NCc1oc2ccc(F)cc2c1C. The van der Waals surface area contributed by atoms with Crippen LogP contribution < -0.4 is 10.6 Å². The lowest BCUT2D eigenvalue weighted by molar-refractivity contribution is 0.534. The van der Waals surface area contributed by atoms with Gasteiger partial charge in [-0.3, -0.25) is 4.99 Å². The van der Waals surface area contributed by atoms with Gasteiger partial charge in [-0.05, 0) is 49.2 Å². The molecule has 0 spiro atoms. The number of aryl methyl sites for hydroxylation is 1. The quantitative estimate of drug-likeness (QED) is 0.475. The average molecular weight is 418 g/mol. The molecule has 0 aliphatic heterocycles. The second kappa shape index (κ2) is 8.65. The largest absolute Gasteiger partial charge is 0.459 e. The molecule has 0 amide bonds. The van der Waals surface area contributed by atoms with Crippen LogP contribution in [0.1, 0.15) is 16.9 Å². The number of benzene rings is 2. The summed E-state index contributed by atoms with van der Waals surface area (Å²) in [7, 11) is -1.50. The van der Waals surface area contributed by atoms with Crippen molar-refractivity contribution in [3.05, 3.63) is 65.2 Å². The Bertz CT molecular complexity index is 1140. The van der Waals surface area contributed by atoms with E-state index in [9.17, 15) is 12.8 Å². The van der Waals surface area contributed by atoms with E-state index in [1.54, 1.807) is 25.2 Å². The van der Waals surface area contributed by atoms with Gasteiger partial charge in [-0.1, -0.05) is 12.1 Å². The molecule has 8 heteroatoms. The van der Waals surface area contributed by atoms with Gasteiger partial charge in [0.05, 0.1) is 11.4 Å². The molecule has 6 nitrogen and oxygen atoms in total. The molecule has 2 N–H and O–H groups in total. The molecule has 0 atom stereocenters. The first-order chi connectivity index (χ1) is 13.8. The molecule has 0 aliphatic rings. The second-order valence-electron chi connectivity index (χ2n) is 6.81. The fourth-order valence-corrected chi connectivity index (χ4v) is 3.66. The van der Waals surface area contributed by atoms with E-state index < -0.39 is 9.84 Å². The molecule has 0 unspecified atom stereocenters. The van der Waals surface area contributed by atoms with Crippen molar-refractivity contribution in [3.8, 4) is 0 Å². The molecule has 0 radical (unpaired) electrons. The predicted octanol–water partition coefficient (Wildman–Crippen LogP) is 3.19. The maximum Gasteiger partial charge on any atom is 0.191 e. The van der Waals surface area contributed by atoms with Crippen molar-refractivity contribution in [2.75, 3.05) is 19.8 Å². The van der Waals surface area contributed by atoms with Gasteiger partial charge in [0.25, 0.3) is 0 Å². The average Bonchev–Trinajstić information content (AvgIpc) is 2.99. The molecular weight excluding hydrogens is 393 g/mol. The number of sulfone groups is 1. The summed E-state index contributed by atoms with van der Waals surface area (Å²) in [5.74, 6) is 1.05. The summed E-state index contributed by atoms with van der Waals surface area (Å²) in [5, 5.41) is 7.17. The highest BCUT2D eigenvalue weighted by molar-refractivity contribution is 7.90. The van der Waals surface area contributed by atoms with Crippen molar-refractivity contribution in [1.82, 2.24) is 10.6 Å². The first kappa shape index (κ1) is 20.9. The number of nitrogens with one attached hydrogen (secondary N) is 2. The third kappa shape index (κ3) is 5.14. The first-order valence-electron chi connectivity index (χ1n) is 9.19. The number of nitrogens with zero attached hydrogens (tertiary/aromatic N) is 1. The normalized spacial score (nSPS) is 12.3. The molecule has 0 saturated carbocycles. The topological polar surface area (TPSA) is 83.7 Å². The zero-order valence-electron chi connectivity index (χ0n) is 16.6. The zero-order chi connectivity index (χ0) is 21.0. The van der Waals surface area contributed by atoms with Crippen molar-refractivity contribution in [2.24, 2.45) is 4.99 Å². The smallest absolute Gasteiger partial charge is 0.191 e. The Morgan fingerprint density at radius 1 is 1.14 bits per heavy atom.